The Bertz CT molecular complexity index is 1280. The Balaban J connectivity index is 1.17. The van der Waals surface area contributed by atoms with Crippen molar-refractivity contribution < 1.29 is 14.3 Å². The minimum Gasteiger partial charge on any atom is -0.484 e. The van der Waals surface area contributed by atoms with Crippen LogP contribution < -0.4 is 15.0 Å². The highest BCUT2D eigenvalue weighted by atomic mass is 35.5. The van der Waals surface area contributed by atoms with E-state index in [0.717, 1.165) is 11.3 Å². The van der Waals surface area contributed by atoms with Crippen LogP contribution in [0.25, 0.3) is 0 Å². The number of benzene rings is 3. The molecule has 0 radical (unpaired) electrons. The third kappa shape index (κ3) is 6.74. The summed E-state index contributed by atoms with van der Waals surface area (Å²) in [6.45, 7) is 4.31. The minimum atomic E-state index is -0.247. The van der Waals surface area contributed by atoms with Crippen molar-refractivity contribution in [3.63, 3.8) is 0 Å². The summed E-state index contributed by atoms with van der Waals surface area (Å²) in [4.78, 5) is 29.7. The molecule has 2 amide bonds. The molecule has 1 heterocycles. The van der Waals surface area contributed by atoms with Crippen LogP contribution >= 0.6 is 11.6 Å². The monoisotopic (exact) mass is 545 g/mol. The molecule has 0 unspecified atom stereocenters. The Labute approximate surface area is 235 Å². The van der Waals surface area contributed by atoms with Crippen molar-refractivity contribution in [1.82, 2.24) is 4.90 Å². The van der Waals surface area contributed by atoms with Gasteiger partial charge in [0.05, 0.1) is 16.4 Å². The van der Waals surface area contributed by atoms with Gasteiger partial charge in [-0.2, -0.15) is 0 Å². The molecule has 204 valence electrons. The van der Waals surface area contributed by atoms with Crippen molar-refractivity contribution in [3.8, 4) is 5.75 Å². The van der Waals surface area contributed by atoms with Crippen molar-refractivity contribution in [3.05, 3.63) is 88.4 Å². The Hall–Kier alpha value is -3.51. The molecule has 3 aromatic rings. The molecule has 7 heteroatoms. The number of rotatable bonds is 7. The summed E-state index contributed by atoms with van der Waals surface area (Å²) in [7, 11) is 0. The average molecular weight is 546 g/mol. The molecular formula is C32H36ClN3O3. The van der Waals surface area contributed by atoms with Crippen LogP contribution in [0.4, 0.5) is 11.4 Å². The largest absolute Gasteiger partial charge is 0.484 e. The van der Waals surface area contributed by atoms with Crippen LogP contribution in [0.1, 0.15) is 59.5 Å². The number of aryl methyl sites for hydroxylation is 1. The first kappa shape index (κ1) is 27.1. The summed E-state index contributed by atoms with van der Waals surface area (Å²) >= 11 is 6.60. The van der Waals surface area contributed by atoms with Crippen LogP contribution in [-0.4, -0.2) is 49.5 Å². The smallest absolute Gasteiger partial charge is 0.262 e. The van der Waals surface area contributed by atoms with Gasteiger partial charge in [0.15, 0.2) is 6.61 Å². The van der Waals surface area contributed by atoms with E-state index >= 15 is 0 Å². The van der Waals surface area contributed by atoms with Gasteiger partial charge in [-0.05, 0) is 67.6 Å². The second-order valence-electron chi connectivity index (χ2n) is 10.5. The number of carbonyl (C=O) groups excluding carboxylic acids is 2. The summed E-state index contributed by atoms with van der Waals surface area (Å²) in [5.41, 5.74) is 4.59. The third-order valence-corrected chi connectivity index (χ3v) is 8.07. The van der Waals surface area contributed by atoms with Gasteiger partial charge in [-0.1, -0.05) is 66.8 Å². The van der Waals surface area contributed by atoms with Gasteiger partial charge in [0.25, 0.3) is 11.8 Å². The molecule has 0 bridgehead atoms. The number of ether oxygens (including phenoxy) is 1. The van der Waals surface area contributed by atoms with Gasteiger partial charge in [0.2, 0.25) is 0 Å². The van der Waals surface area contributed by atoms with Gasteiger partial charge in [-0.15, -0.1) is 0 Å². The van der Waals surface area contributed by atoms with Crippen LogP contribution in [0.15, 0.2) is 66.7 Å². The Kier molecular flexibility index (Phi) is 8.72. The van der Waals surface area contributed by atoms with Crippen LogP contribution in [0, 0.1) is 6.92 Å². The summed E-state index contributed by atoms with van der Waals surface area (Å²) in [5.74, 6) is 1.11. The molecule has 6 nitrogen and oxygen atoms in total. The number of nitrogens with zero attached hydrogens (tertiary/aromatic N) is 2. The first-order chi connectivity index (χ1) is 19.0. The molecule has 1 aliphatic heterocycles. The maximum atomic E-state index is 12.9. The summed E-state index contributed by atoms with van der Waals surface area (Å²) in [5, 5.41) is 3.54. The normalized spacial score (nSPS) is 16.2. The molecule has 2 fully saturated rings. The zero-order chi connectivity index (χ0) is 27.2. The number of halogens is 1. The molecule has 1 saturated carbocycles. The van der Waals surface area contributed by atoms with E-state index in [9.17, 15) is 9.59 Å². The van der Waals surface area contributed by atoms with E-state index in [-0.39, 0.29) is 18.4 Å². The van der Waals surface area contributed by atoms with Gasteiger partial charge in [-0.25, -0.2) is 0 Å². The molecular weight excluding hydrogens is 510 g/mol. The highest BCUT2D eigenvalue weighted by Gasteiger charge is 2.25. The number of anilines is 2. The van der Waals surface area contributed by atoms with E-state index in [4.69, 9.17) is 16.3 Å². The second-order valence-corrected chi connectivity index (χ2v) is 10.9. The molecule has 0 atom stereocenters. The Morgan fingerprint density at radius 1 is 0.897 bits per heavy atom. The Morgan fingerprint density at radius 2 is 1.59 bits per heavy atom. The summed E-state index contributed by atoms with van der Waals surface area (Å²) < 4.78 is 5.78. The predicted octanol–water partition coefficient (Wildman–Crippen LogP) is 6.68. The summed E-state index contributed by atoms with van der Waals surface area (Å²) in [6, 6.07) is 21.3. The molecule has 2 aliphatic rings. The van der Waals surface area contributed by atoms with Gasteiger partial charge in [0.1, 0.15) is 5.75 Å². The number of piperazine rings is 1. The lowest BCUT2D eigenvalue weighted by Crippen LogP contribution is -2.49. The maximum Gasteiger partial charge on any atom is 0.262 e. The van der Waals surface area contributed by atoms with E-state index in [1.807, 2.05) is 66.4 Å². The van der Waals surface area contributed by atoms with Crippen molar-refractivity contribution >= 4 is 34.8 Å². The van der Waals surface area contributed by atoms with Gasteiger partial charge in [0, 0.05) is 31.7 Å². The molecule has 1 N–H and O–H groups in total. The molecule has 0 aromatic heterocycles. The van der Waals surface area contributed by atoms with Gasteiger partial charge >= 0.3 is 0 Å². The zero-order valence-electron chi connectivity index (χ0n) is 22.5. The molecule has 39 heavy (non-hydrogen) atoms. The average Bonchev–Trinajstić information content (AvgIpc) is 2.97. The van der Waals surface area contributed by atoms with E-state index < -0.39 is 0 Å². The van der Waals surface area contributed by atoms with Gasteiger partial charge < -0.3 is 19.9 Å². The zero-order valence-corrected chi connectivity index (χ0v) is 23.3. The fourth-order valence-corrected chi connectivity index (χ4v) is 5.85. The van der Waals surface area contributed by atoms with Crippen LogP contribution in [0.3, 0.4) is 0 Å². The molecule has 0 spiro atoms. The lowest BCUT2D eigenvalue weighted by atomic mass is 9.84. The molecule has 3 aromatic carbocycles. The highest BCUT2D eigenvalue weighted by molar-refractivity contribution is 6.34. The minimum absolute atomic E-state index is 0.0336. The lowest BCUT2D eigenvalue weighted by Gasteiger charge is -2.37. The first-order valence-corrected chi connectivity index (χ1v) is 14.3. The Morgan fingerprint density at radius 3 is 2.28 bits per heavy atom. The molecule has 1 aliphatic carbocycles. The number of amides is 2. The molecule has 1 saturated heterocycles. The fraction of sp³-hybridized carbons (Fsp3) is 0.375. The number of carbonyl (C=O) groups is 2. The standard InChI is InChI=1S/C32H36ClN3O3/c1-23-10-12-26(13-11-23)32(38)36-20-18-35(19-21-36)31-28(33)8-5-9-29(31)34-30(37)22-39-27-16-14-25(15-17-27)24-6-3-2-4-7-24/h5,8-17,24H,2-4,6-7,18-22H2,1H3,(H,34,37). The van der Waals surface area contributed by atoms with Crippen LogP contribution in [0.5, 0.6) is 5.75 Å². The second kappa shape index (κ2) is 12.6. The SMILES string of the molecule is Cc1ccc(C(=O)N2CCN(c3c(Cl)cccc3NC(=O)COc3ccc(C4CCCCC4)cc3)CC2)cc1. The van der Waals surface area contributed by atoms with E-state index in [1.54, 1.807) is 0 Å². The van der Waals surface area contributed by atoms with Gasteiger partial charge in [-0.3, -0.25) is 9.59 Å². The summed E-state index contributed by atoms with van der Waals surface area (Å²) in [6.07, 6.45) is 6.45. The lowest BCUT2D eigenvalue weighted by molar-refractivity contribution is -0.118. The van der Waals surface area contributed by atoms with E-state index in [1.165, 1.54) is 37.7 Å². The molecule has 5 rings (SSSR count). The van der Waals surface area contributed by atoms with Crippen molar-refractivity contribution in [2.75, 3.05) is 43.0 Å². The maximum absolute atomic E-state index is 12.9. The first-order valence-electron chi connectivity index (χ1n) is 13.9. The number of hydrogen-bond acceptors (Lipinski definition) is 4. The number of hydrogen-bond donors (Lipinski definition) is 1. The quantitative estimate of drug-likeness (QED) is 0.360. The fourth-order valence-electron chi connectivity index (χ4n) is 5.56. The number of nitrogens with one attached hydrogen (secondary N) is 1. The third-order valence-electron chi connectivity index (χ3n) is 7.77. The number of para-hydroxylation sites is 1. The van der Waals surface area contributed by atoms with Crippen molar-refractivity contribution in [2.45, 2.75) is 44.9 Å². The van der Waals surface area contributed by atoms with Crippen molar-refractivity contribution in [1.29, 1.82) is 0 Å². The van der Waals surface area contributed by atoms with Crippen LogP contribution in [0.2, 0.25) is 5.02 Å². The van der Waals surface area contributed by atoms with E-state index in [2.05, 4.69) is 22.3 Å². The van der Waals surface area contributed by atoms with Crippen molar-refractivity contribution in [2.24, 2.45) is 0 Å². The highest BCUT2D eigenvalue weighted by Crippen LogP contribution is 2.35. The topological polar surface area (TPSA) is 61.9 Å². The predicted molar refractivity (Wildman–Crippen MR) is 157 cm³/mol. The van der Waals surface area contributed by atoms with Crippen LogP contribution in [-0.2, 0) is 4.79 Å². The van der Waals surface area contributed by atoms with E-state index in [0.29, 0.717) is 54.1 Å².